The molecule has 2 aliphatic carbocycles. The first-order chi connectivity index (χ1) is 16.8. The summed E-state index contributed by atoms with van der Waals surface area (Å²) in [6, 6.07) is 37.8. The number of para-hydroxylation sites is 1. The zero-order valence-electron chi connectivity index (χ0n) is 19.2. The average Bonchev–Trinajstić information content (AvgIpc) is 3.64. The van der Waals surface area contributed by atoms with E-state index in [1.54, 1.807) is 0 Å². The monoisotopic (exact) mass is 436 g/mol. The van der Waals surface area contributed by atoms with E-state index in [1.807, 2.05) is 12.1 Å². The van der Waals surface area contributed by atoms with Gasteiger partial charge in [-0.3, -0.25) is 0 Å². The van der Waals surface area contributed by atoms with Crippen molar-refractivity contribution in [2.45, 2.75) is 12.8 Å². The number of aromatic nitrogens is 1. The summed E-state index contributed by atoms with van der Waals surface area (Å²) in [6.45, 7) is 0. The number of H-pyrrole nitrogens is 1. The van der Waals surface area contributed by atoms with Crippen LogP contribution < -0.4 is 11.1 Å². The summed E-state index contributed by atoms with van der Waals surface area (Å²) in [4.78, 5) is 3.39. The van der Waals surface area contributed by atoms with Gasteiger partial charge in [-0.15, -0.1) is 0 Å². The van der Waals surface area contributed by atoms with E-state index < -0.39 is 0 Å². The van der Waals surface area contributed by atoms with Gasteiger partial charge in [0.15, 0.2) is 0 Å². The summed E-state index contributed by atoms with van der Waals surface area (Å²) in [5.41, 5.74) is 9.23. The van der Waals surface area contributed by atoms with Gasteiger partial charge in [-0.1, -0.05) is 127 Å². The minimum atomic E-state index is 1.12. The molecule has 0 saturated carbocycles. The van der Waals surface area contributed by atoms with Crippen LogP contribution in [0.25, 0.3) is 23.1 Å². The highest BCUT2D eigenvalue weighted by Crippen LogP contribution is 2.18. The molecule has 1 radical (unpaired) electrons. The Labute approximate surface area is 202 Å². The lowest BCUT2D eigenvalue weighted by atomic mass is 9.67. The second kappa shape index (κ2) is 10.7. The van der Waals surface area contributed by atoms with Crippen LogP contribution in [0.4, 0.5) is 0 Å². The Bertz CT molecular complexity index is 1340. The molecule has 0 atom stereocenters. The van der Waals surface area contributed by atoms with Crippen molar-refractivity contribution in [3.05, 3.63) is 144 Å². The van der Waals surface area contributed by atoms with Gasteiger partial charge in [0.1, 0.15) is 0 Å². The molecule has 2 aliphatic rings. The van der Waals surface area contributed by atoms with E-state index in [1.165, 1.54) is 38.6 Å². The number of hydrogen-bond acceptors (Lipinski definition) is 0. The van der Waals surface area contributed by atoms with Crippen LogP contribution in [0.1, 0.15) is 22.3 Å². The summed E-state index contributed by atoms with van der Waals surface area (Å²) in [5.74, 6) is 0. The molecule has 0 fully saturated rings. The Morgan fingerprint density at radius 3 is 1.74 bits per heavy atom. The SMILES string of the molecule is C1=Cc2ccccc2C1.C1=Cc2ccccc2C1.[B](c1ccccc1)c1cc2ccccc2[nH]1. The zero-order valence-corrected chi connectivity index (χ0v) is 19.2. The smallest absolute Gasteiger partial charge is 0.213 e. The third-order valence-electron chi connectivity index (χ3n) is 6.05. The molecule has 4 aromatic carbocycles. The van der Waals surface area contributed by atoms with Crippen molar-refractivity contribution in [1.82, 2.24) is 4.98 Å². The van der Waals surface area contributed by atoms with Crippen LogP contribution in [0.5, 0.6) is 0 Å². The fourth-order valence-corrected chi connectivity index (χ4v) is 4.29. The molecule has 0 unspecified atom stereocenters. The number of rotatable bonds is 2. The maximum absolute atomic E-state index is 3.39. The number of fused-ring (bicyclic) bond motifs is 3. The molecule has 0 bridgehead atoms. The second-order valence-electron chi connectivity index (χ2n) is 8.48. The summed E-state index contributed by atoms with van der Waals surface area (Å²) >= 11 is 0. The minimum absolute atomic E-state index is 1.12. The third kappa shape index (κ3) is 5.47. The van der Waals surface area contributed by atoms with Crippen LogP contribution in [0.3, 0.4) is 0 Å². The molecule has 0 saturated heterocycles. The van der Waals surface area contributed by atoms with E-state index >= 15 is 0 Å². The third-order valence-corrected chi connectivity index (χ3v) is 6.05. The molecule has 0 spiro atoms. The first kappa shape index (κ1) is 21.8. The summed E-state index contributed by atoms with van der Waals surface area (Å²) in [6.07, 6.45) is 11.0. The van der Waals surface area contributed by atoms with Gasteiger partial charge in [0.2, 0.25) is 7.28 Å². The molecule has 0 amide bonds. The van der Waals surface area contributed by atoms with E-state index in [4.69, 9.17) is 0 Å². The molecule has 5 aromatic rings. The topological polar surface area (TPSA) is 15.8 Å². The van der Waals surface area contributed by atoms with Gasteiger partial charge in [-0.25, -0.2) is 0 Å². The van der Waals surface area contributed by atoms with Gasteiger partial charge < -0.3 is 4.98 Å². The Balaban J connectivity index is 0.000000114. The zero-order chi connectivity index (χ0) is 23.0. The standard InChI is InChI=1S/C14H11BN.2C9H8/c1-2-7-12(8-3-1)15-14-10-11-6-4-5-9-13(11)16-14;2*1-2-5-9-7-3-6-8(9)4-1/h1-10,16H;2*1-6H,7H2. The number of nitrogens with one attached hydrogen (secondary N) is 1. The number of hydrogen-bond donors (Lipinski definition) is 1. The summed E-state index contributed by atoms with van der Waals surface area (Å²) in [7, 11) is 2.15. The van der Waals surface area contributed by atoms with Gasteiger partial charge in [-0.2, -0.15) is 0 Å². The highest BCUT2D eigenvalue weighted by molar-refractivity contribution is 6.66. The maximum atomic E-state index is 3.39. The normalized spacial score (nSPS) is 12.2. The Morgan fingerprint density at radius 2 is 1.12 bits per heavy atom. The fourth-order valence-electron chi connectivity index (χ4n) is 4.29. The van der Waals surface area contributed by atoms with E-state index in [9.17, 15) is 0 Å². The molecule has 2 heteroatoms. The van der Waals surface area contributed by atoms with Crippen LogP contribution in [0.2, 0.25) is 0 Å². The first-order valence-electron chi connectivity index (χ1n) is 11.8. The molecule has 1 aromatic heterocycles. The van der Waals surface area contributed by atoms with Crippen molar-refractivity contribution in [1.29, 1.82) is 0 Å². The van der Waals surface area contributed by atoms with Crippen molar-refractivity contribution in [2.75, 3.05) is 0 Å². The van der Waals surface area contributed by atoms with Crippen LogP contribution in [0, 0.1) is 0 Å². The van der Waals surface area contributed by atoms with Crippen LogP contribution in [-0.2, 0) is 12.8 Å². The summed E-state index contributed by atoms with van der Waals surface area (Å²) < 4.78 is 0. The van der Waals surface area contributed by atoms with Gasteiger partial charge in [0.25, 0.3) is 0 Å². The van der Waals surface area contributed by atoms with Gasteiger partial charge in [-0.05, 0) is 58.2 Å². The van der Waals surface area contributed by atoms with Crippen molar-refractivity contribution >= 4 is 41.4 Å². The molecule has 163 valence electrons. The molecule has 34 heavy (non-hydrogen) atoms. The highest BCUT2D eigenvalue weighted by Gasteiger charge is 2.03. The van der Waals surface area contributed by atoms with Crippen molar-refractivity contribution in [2.24, 2.45) is 0 Å². The fraction of sp³-hybridized carbons (Fsp3) is 0.0625. The lowest BCUT2D eigenvalue weighted by molar-refractivity contribution is 1.31. The number of benzene rings is 4. The van der Waals surface area contributed by atoms with Crippen LogP contribution in [-0.4, -0.2) is 12.3 Å². The largest absolute Gasteiger partial charge is 0.367 e. The van der Waals surface area contributed by atoms with Gasteiger partial charge >= 0.3 is 0 Å². The van der Waals surface area contributed by atoms with Gasteiger partial charge in [0.05, 0.1) is 0 Å². The quantitative estimate of drug-likeness (QED) is 0.311. The molecule has 1 N–H and O–H groups in total. The van der Waals surface area contributed by atoms with Crippen molar-refractivity contribution in [3.63, 3.8) is 0 Å². The molecule has 7 rings (SSSR count). The van der Waals surface area contributed by atoms with Crippen molar-refractivity contribution in [3.8, 4) is 0 Å². The Kier molecular flexibility index (Phi) is 6.87. The number of aromatic amines is 1. The average molecular weight is 436 g/mol. The molecular weight excluding hydrogens is 409 g/mol. The van der Waals surface area contributed by atoms with E-state index in [0.717, 1.165) is 18.4 Å². The molecular formula is C32H27BN. The lowest BCUT2D eigenvalue weighted by Gasteiger charge is -1.95. The highest BCUT2D eigenvalue weighted by atomic mass is 14.7. The summed E-state index contributed by atoms with van der Waals surface area (Å²) in [5, 5.41) is 1.25. The molecule has 1 nitrogen and oxygen atoms in total. The molecule has 0 aliphatic heterocycles. The van der Waals surface area contributed by atoms with E-state index in [0.29, 0.717) is 0 Å². The van der Waals surface area contributed by atoms with Gasteiger partial charge in [0, 0.05) is 5.52 Å². The predicted octanol–water partition coefficient (Wildman–Crippen LogP) is 6.33. The van der Waals surface area contributed by atoms with Crippen LogP contribution >= 0.6 is 0 Å². The number of allylic oxidation sites excluding steroid dienone is 2. The van der Waals surface area contributed by atoms with E-state index in [-0.39, 0.29) is 0 Å². The van der Waals surface area contributed by atoms with Crippen molar-refractivity contribution < 1.29 is 0 Å². The lowest BCUT2D eigenvalue weighted by Crippen LogP contribution is -2.27. The Morgan fingerprint density at radius 1 is 0.559 bits per heavy atom. The predicted molar refractivity (Wildman–Crippen MR) is 148 cm³/mol. The first-order valence-corrected chi connectivity index (χ1v) is 11.8. The second-order valence-corrected chi connectivity index (χ2v) is 8.48. The van der Waals surface area contributed by atoms with E-state index in [2.05, 4.69) is 134 Å². The maximum Gasteiger partial charge on any atom is 0.213 e. The Hall–Kier alpha value is -4.04. The molecule has 1 heterocycles. The minimum Gasteiger partial charge on any atom is -0.367 e. The van der Waals surface area contributed by atoms with Crippen LogP contribution in [0.15, 0.2) is 121 Å².